The number of aromatic nitrogens is 4. The Morgan fingerprint density at radius 2 is 1.96 bits per heavy atom. The molecule has 3 heterocycles. The summed E-state index contributed by atoms with van der Waals surface area (Å²) >= 11 is 0. The molecule has 1 aliphatic heterocycles. The average Bonchev–Trinajstić information content (AvgIpc) is 3.01. The van der Waals surface area contributed by atoms with Crippen molar-refractivity contribution in [2.75, 3.05) is 18.4 Å². The van der Waals surface area contributed by atoms with Crippen LogP contribution in [0.2, 0.25) is 0 Å². The van der Waals surface area contributed by atoms with Crippen molar-refractivity contribution in [3.05, 3.63) is 42.9 Å². The van der Waals surface area contributed by atoms with E-state index in [0.29, 0.717) is 11.7 Å². The van der Waals surface area contributed by atoms with Gasteiger partial charge in [0.15, 0.2) is 0 Å². The lowest BCUT2D eigenvalue weighted by Gasteiger charge is -2.45. The Morgan fingerprint density at radius 1 is 1.17 bits per heavy atom. The maximum atomic E-state index is 12.5. The zero-order valence-corrected chi connectivity index (χ0v) is 12.7. The van der Waals surface area contributed by atoms with Crippen molar-refractivity contribution < 1.29 is 4.79 Å². The zero-order chi connectivity index (χ0) is 15.7. The SMILES string of the molecule is O=C(c1ccncn1)N1CCC2(CC(Nc3ccncn3)C2)C1. The van der Waals surface area contributed by atoms with Gasteiger partial charge in [0.1, 0.15) is 24.2 Å². The van der Waals surface area contributed by atoms with E-state index in [2.05, 4.69) is 25.3 Å². The number of carbonyl (C=O) groups is 1. The Labute approximate surface area is 134 Å². The van der Waals surface area contributed by atoms with Crippen LogP contribution >= 0.6 is 0 Å². The van der Waals surface area contributed by atoms with Crippen LogP contribution in [0.25, 0.3) is 0 Å². The highest BCUT2D eigenvalue weighted by Crippen LogP contribution is 2.49. The van der Waals surface area contributed by atoms with Crippen LogP contribution in [0.4, 0.5) is 5.82 Å². The molecule has 2 aromatic rings. The molecule has 2 aliphatic rings. The minimum atomic E-state index is 0.0106. The van der Waals surface area contributed by atoms with Crippen LogP contribution in [0.3, 0.4) is 0 Å². The van der Waals surface area contributed by atoms with Crippen molar-refractivity contribution in [2.45, 2.75) is 25.3 Å². The first kappa shape index (κ1) is 14.0. The largest absolute Gasteiger partial charge is 0.367 e. The lowest BCUT2D eigenvalue weighted by molar-refractivity contribution is 0.0710. The summed E-state index contributed by atoms with van der Waals surface area (Å²) in [5, 5.41) is 3.43. The summed E-state index contributed by atoms with van der Waals surface area (Å²) in [6, 6.07) is 3.98. The maximum Gasteiger partial charge on any atom is 0.272 e. The van der Waals surface area contributed by atoms with Gasteiger partial charge in [0, 0.05) is 31.5 Å². The molecule has 0 atom stereocenters. The van der Waals surface area contributed by atoms with E-state index in [4.69, 9.17) is 0 Å². The summed E-state index contributed by atoms with van der Waals surface area (Å²) in [7, 11) is 0. The molecule has 2 aromatic heterocycles. The Bertz CT molecular complexity index is 686. The fourth-order valence-corrected chi connectivity index (χ4v) is 3.69. The van der Waals surface area contributed by atoms with E-state index < -0.39 is 0 Å². The number of anilines is 1. The molecule has 2 fully saturated rings. The summed E-state index contributed by atoms with van der Waals surface area (Å²) in [5.74, 6) is 0.878. The number of amides is 1. The van der Waals surface area contributed by atoms with Gasteiger partial charge >= 0.3 is 0 Å². The zero-order valence-electron chi connectivity index (χ0n) is 12.7. The molecule has 118 valence electrons. The Morgan fingerprint density at radius 3 is 2.65 bits per heavy atom. The van der Waals surface area contributed by atoms with E-state index in [1.807, 2.05) is 11.0 Å². The Hall–Kier alpha value is -2.57. The first-order chi connectivity index (χ1) is 11.2. The van der Waals surface area contributed by atoms with Gasteiger partial charge in [-0.25, -0.2) is 19.9 Å². The molecule has 0 bridgehead atoms. The fourth-order valence-electron chi connectivity index (χ4n) is 3.69. The molecule has 7 nitrogen and oxygen atoms in total. The van der Waals surface area contributed by atoms with Crippen LogP contribution in [0.15, 0.2) is 37.2 Å². The van der Waals surface area contributed by atoms with Crippen LogP contribution in [-0.4, -0.2) is 49.9 Å². The van der Waals surface area contributed by atoms with E-state index in [1.165, 1.54) is 6.33 Å². The van der Waals surface area contributed by atoms with Gasteiger partial charge in [-0.05, 0) is 36.8 Å². The molecule has 7 heteroatoms. The summed E-state index contributed by atoms with van der Waals surface area (Å²) in [4.78, 5) is 30.4. The van der Waals surface area contributed by atoms with Crippen molar-refractivity contribution in [1.82, 2.24) is 24.8 Å². The minimum Gasteiger partial charge on any atom is -0.367 e. The maximum absolute atomic E-state index is 12.5. The molecule has 1 aliphatic carbocycles. The quantitative estimate of drug-likeness (QED) is 0.922. The van der Waals surface area contributed by atoms with E-state index in [9.17, 15) is 4.79 Å². The topological polar surface area (TPSA) is 83.9 Å². The van der Waals surface area contributed by atoms with Gasteiger partial charge in [-0.3, -0.25) is 4.79 Å². The monoisotopic (exact) mass is 310 g/mol. The first-order valence-electron chi connectivity index (χ1n) is 7.82. The number of nitrogens with one attached hydrogen (secondary N) is 1. The smallest absolute Gasteiger partial charge is 0.272 e. The van der Waals surface area contributed by atoms with Gasteiger partial charge in [-0.15, -0.1) is 0 Å². The summed E-state index contributed by atoms with van der Waals surface area (Å²) in [6.45, 7) is 1.63. The van der Waals surface area contributed by atoms with Crippen LogP contribution < -0.4 is 5.32 Å². The molecular weight excluding hydrogens is 292 g/mol. The summed E-state index contributed by atoms with van der Waals surface area (Å²) < 4.78 is 0. The van der Waals surface area contributed by atoms with Crippen LogP contribution in [0.1, 0.15) is 29.8 Å². The van der Waals surface area contributed by atoms with Crippen LogP contribution in [-0.2, 0) is 0 Å². The molecule has 0 radical (unpaired) electrons. The highest BCUT2D eigenvalue weighted by atomic mass is 16.2. The summed E-state index contributed by atoms with van der Waals surface area (Å²) in [6.07, 6.45) is 9.53. The molecule has 1 saturated carbocycles. The molecule has 1 saturated heterocycles. The number of nitrogens with zero attached hydrogens (tertiary/aromatic N) is 5. The molecule has 1 spiro atoms. The van der Waals surface area contributed by atoms with Crippen LogP contribution in [0.5, 0.6) is 0 Å². The molecule has 0 unspecified atom stereocenters. The number of hydrogen-bond donors (Lipinski definition) is 1. The molecule has 0 aromatic carbocycles. The lowest BCUT2D eigenvalue weighted by Crippen LogP contribution is -2.47. The fraction of sp³-hybridized carbons (Fsp3) is 0.438. The number of carbonyl (C=O) groups excluding carboxylic acids is 1. The second-order valence-electron chi connectivity index (χ2n) is 6.42. The third kappa shape index (κ3) is 2.74. The predicted octanol–water partition coefficient (Wildman–Crippen LogP) is 1.37. The van der Waals surface area contributed by atoms with Gasteiger partial charge in [0.2, 0.25) is 0 Å². The second-order valence-corrected chi connectivity index (χ2v) is 6.42. The minimum absolute atomic E-state index is 0.0106. The number of rotatable bonds is 3. The third-order valence-electron chi connectivity index (χ3n) is 4.82. The van der Waals surface area contributed by atoms with Crippen molar-refractivity contribution in [3.8, 4) is 0 Å². The standard InChI is InChI=1S/C16H18N6O/c23-15(13-1-4-17-10-19-13)22-6-3-16(9-22)7-12(8-16)21-14-2-5-18-11-20-14/h1-2,4-5,10-12H,3,6-9H2,(H,18,20,21). The highest BCUT2D eigenvalue weighted by molar-refractivity contribution is 5.92. The second kappa shape index (κ2) is 5.57. The molecular formula is C16H18N6O. The molecule has 23 heavy (non-hydrogen) atoms. The van der Waals surface area contributed by atoms with E-state index >= 15 is 0 Å². The van der Waals surface area contributed by atoms with Gasteiger partial charge in [0.05, 0.1) is 0 Å². The van der Waals surface area contributed by atoms with E-state index in [1.54, 1.807) is 24.8 Å². The number of likely N-dealkylation sites (tertiary alicyclic amines) is 1. The summed E-state index contributed by atoms with van der Waals surface area (Å²) in [5.41, 5.74) is 0.736. The average molecular weight is 310 g/mol. The third-order valence-corrected chi connectivity index (χ3v) is 4.82. The normalized spacial score (nSPS) is 26.1. The van der Waals surface area contributed by atoms with Crippen molar-refractivity contribution in [3.63, 3.8) is 0 Å². The predicted molar refractivity (Wildman–Crippen MR) is 83.7 cm³/mol. The highest BCUT2D eigenvalue weighted by Gasteiger charge is 2.49. The van der Waals surface area contributed by atoms with Gasteiger partial charge in [-0.1, -0.05) is 0 Å². The molecule has 4 rings (SSSR count). The Kier molecular flexibility index (Phi) is 3.40. The van der Waals surface area contributed by atoms with E-state index in [-0.39, 0.29) is 11.3 Å². The van der Waals surface area contributed by atoms with Gasteiger partial charge in [0.25, 0.3) is 5.91 Å². The van der Waals surface area contributed by atoms with Crippen LogP contribution in [0, 0.1) is 5.41 Å². The van der Waals surface area contributed by atoms with Gasteiger partial charge < -0.3 is 10.2 Å². The molecule has 1 amide bonds. The lowest BCUT2D eigenvalue weighted by atomic mass is 9.65. The van der Waals surface area contributed by atoms with E-state index in [0.717, 1.165) is 38.2 Å². The van der Waals surface area contributed by atoms with Crippen molar-refractivity contribution in [1.29, 1.82) is 0 Å². The Balaban J connectivity index is 1.34. The number of hydrogen-bond acceptors (Lipinski definition) is 6. The molecule has 1 N–H and O–H groups in total. The first-order valence-corrected chi connectivity index (χ1v) is 7.82. The van der Waals surface area contributed by atoms with Gasteiger partial charge in [-0.2, -0.15) is 0 Å². The van der Waals surface area contributed by atoms with Crippen molar-refractivity contribution in [2.24, 2.45) is 5.41 Å². The van der Waals surface area contributed by atoms with Crippen molar-refractivity contribution >= 4 is 11.7 Å².